The van der Waals surface area contributed by atoms with E-state index in [1.165, 1.54) is 12.1 Å². The van der Waals surface area contributed by atoms with Gasteiger partial charge in [-0.2, -0.15) is 0 Å². The molecule has 1 aromatic heterocycles. The monoisotopic (exact) mass is 331 g/mol. The third-order valence-corrected chi connectivity index (χ3v) is 5.38. The molecule has 1 aromatic carbocycles. The Kier molecular flexibility index (Phi) is 4.54. The van der Waals surface area contributed by atoms with E-state index < -0.39 is 17.5 Å². The van der Waals surface area contributed by atoms with Crippen LogP contribution >= 0.6 is 0 Å². The van der Waals surface area contributed by atoms with Gasteiger partial charge in [0.2, 0.25) is 0 Å². The first-order valence-corrected chi connectivity index (χ1v) is 8.44. The van der Waals surface area contributed by atoms with Gasteiger partial charge in [-0.3, -0.25) is 9.78 Å². The van der Waals surface area contributed by atoms with E-state index in [2.05, 4.69) is 4.98 Å². The summed E-state index contributed by atoms with van der Waals surface area (Å²) in [6.45, 7) is 1.79. The molecule has 1 aliphatic carbocycles. The summed E-state index contributed by atoms with van der Waals surface area (Å²) in [4.78, 5) is 15.7. The van der Waals surface area contributed by atoms with Crippen LogP contribution in [0.2, 0.25) is 0 Å². The van der Waals surface area contributed by atoms with Crippen molar-refractivity contribution in [3.05, 3.63) is 41.8 Å². The van der Waals surface area contributed by atoms with Gasteiger partial charge < -0.3 is 10.2 Å². The summed E-state index contributed by atoms with van der Waals surface area (Å²) in [6.07, 6.45) is 4.41. The van der Waals surface area contributed by atoms with Crippen molar-refractivity contribution in [2.24, 2.45) is 5.92 Å². The Morgan fingerprint density at radius 3 is 2.71 bits per heavy atom. The molecular weight excluding hydrogens is 309 g/mol. The number of pyridine rings is 1. The van der Waals surface area contributed by atoms with Gasteiger partial charge in [-0.05, 0) is 67.9 Å². The van der Waals surface area contributed by atoms with Crippen LogP contribution in [0.25, 0.3) is 10.9 Å². The molecule has 0 aliphatic heterocycles. The van der Waals surface area contributed by atoms with Crippen LogP contribution in [0.5, 0.6) is 0 Å². The summed E-state index contributed by atoms with van der Waals surface area (Å²) in [5.74, 6) is -1.77. The molecule has 2 aromatic rings. The molecule has 1 atom stereocenters. The van der Waals surface area contributed by atoms with Gasteiger partial charge in [-0.1, -0.05) is 6.92 Å². The highest BCUT2D eigenvalue weighted by Crippen LogP contribution is 2.43. The number of benzene rings is 1. The van der Waals surface area contributed by atoms with E-state index in [0.29, 0.717) is 32.1 Å². The number of carboxylic acids is 1. The van der Waals surface area contributed by atoms with Crippen molar-refractivity contribution in [2.45, 2.75) is 50.5 Å². The number of nitrogens with zero attached hydrogens (tertiary/aromatic N) is 1. The number of hydrogen-bond acceptors (Lipinski definition) is 3. The molecule has 1 fully saturated rings. The van der Waals surface area contributed by atoms with Gasteiger partial charge in [-0.15, -0.1) is 0 Å². The predicted octanol–water partition coefficient (Wildman–Crippen LogP) is 3.87. The number of aliphatic hydroxyl groups is 1. The van der Waals surface area contributed by atoms with Gasteiger partial charge in [-0.25, -0.2) is 4.39 Å². The summed E-state index contributed by atoms with van der Waals surface area (Å²) in [7, 11) is 0. The van der Waals surface area contributed by atoms with Crippen LogP contribution in [0.1, 0.15) is 50.5 Å². The van der Waals surface area contributed by atoms with Gasteiger partial charge in [0.25, 0.3) is 0 Å². The quantitative estimate of drug-likeness (QED) is 0.892. The van der Waals surface area contributed by atoms with E-state index in [1.807, 2.05) is 6.07 Å². The zero-order valence-corrected chi connectivity index (χ0v) is 13.7. The van der Waals surface area contributed by atoms with Crippen molar-refractivity contribution < 1.29 is 19.4 Å². The molecule has 5 heteroatoms. The Hall–Kier alpha value is -2.01. The van der Waals surface area contributed by atoms with Crippen LogP contribution in [-0.4, -0.2) is 26.8 Å². The number of halogens is 1. The second-order valence-electron chi connectivity index (χ2n) is 6.74. The largest absolute Gasteiger partial charge is 0.481 e. The summed E-state index contributed by atoms with van der Waals surface area (Å²) in [6, 6.07) is 6.48. The third kappa shape index (κ3) is 3.00. The van der Waals surface area contributed by atoms with E-state index >= 15 is 0 Å². The number of hydrogen-bond donors (Lipinski definition) is 2. The lowest BCUT2D eigenvalue weighted by atomic mass is 9.69. The van der Waals surface area contributed by atoms with Gasteiger partial charge in [0.15, 0.2) is 0 Å². The molecule has 1 heterocycles. The van der Waals surface area contributed by atoms with Crippen molar-refractivity contribution in [3.8, 4) is 0 Å². The average Bonchev–Trinajstić information content (AvgIpc) is 2.55. The Labute approximate surface area is 140 Å². The zero-order chi connectivity index (χ0) is 17.3. The summed E-state index contributed by atoms with van der Waals surface area (Å²) < 4.78 is 13.6. The van der Waals surface area contributed by atoms with Crippen molar-refractivity contribution in [2.75, 3.05) is 0 Å². The molecule has 0 amide bonds. The van der Waals surface area contributed by atoms with E-state index in [4.69, 9.17) is 0 Å². The number of carbonyl (C=O) groups is 1. The Bertz CT molecular complexity index is 753. The second-order valence-corrected chi connectivity index (χ2v) is 6.74. The first-order valence-electron chi connectivity index (χ1n) is 8.44. The molecule has 128 valence electrons. The normalized spacial score (nSPS) is 25.5. The molecule has 0 bridgehead atoms. The number of carboxylic acid groups (broad SMARTS) is 1. The van der Waals surface area contributed by atoms with Crippen LogP contribution in [-0.2, 0) is 4.79 Å². The highest BCUT2D eigenvalue weighted by Gasteiger charge is 2.43. The number of aromatic nitrogens is 1. The van der Waals surface area contributed by atoms with E-state index in [1.54, 1.807) is 19.2 Å². The van der Waals surface area contributed by atoms with Crippen molar-refractivity contribution in [1.82, 2.24) is 4.98 Å². The van der Waals surface area contributed by atoms with Crippen LogP contribution in [0.4, 0.5) is 4.39 Å². The van der Waals surface area contributed by atoms with Crippen LogP contribution in [0.15, 0.2) is 30.5 Å². The van der Waals surface area contributed by atoms with Crippen molar-refractivity contribution in [1.29, 1.82) is 0 Å². The Morgan fingerprint density at radius 2 is 2.08 bits per heavy atom. The third-order valence-electron chi connectivity index (χ3n) is 5.38. The number of rotatable bonds is 4. The smallest absolute Gasteiger partial charge is 0.309 e. The minimum absolute atomic E-state index is 0.184. The van der Waals surface area contributed by atoms with E-state index in [9.17, 15) is 19.4 Å². The molecule has 1 aliphatic rings. The lowest BCUT2D eigenvalue weighted by Gasteiger charge is -2.40. The van der Waals surface area contributed by atoms with Gasteiger partial charge in [0.1, 0.15) is 5.82 Å². The lowest BCUT2D eigenvalue weighted by molar-refractivity contribution is -0.155. The highest BCUT2D eigenvalue weighted by atomic mass is 19.1. The summed E-state index contributed by atoms with van der Waals surface area (Å²) in [5.41, 5.74) is 0.641. The van der Waals surface area contributed by atoms with E-state index in [0.717, 1.165) is 16.5 Å². The molecule has 2 N–H and O–H groups in total. The lowest BCUT2D eigenvalue weighted by Crippen LogP contribution is -2.44. The maximum absolute atomic E-state index is 13.6. The Balaban J connectivity index is 1.85. The molecule has 1 saturated carbocycles. The molecule has 24 heavy (non-hydrogen) atoms. The molecule has 0 spiro atoms. The number of fused-ring (bicyclic) bond motifs is 1. The highest BCUT2D eigenvalue weighted by molar-refractivity contribution is 5.82. The van der Waals surface area contributed by atoms with Gasteiger partial charge >= 0.3 is 5.97 Å². The first kappa shape index (κ1) is 16.8. The first-order chi connectivity index (χ1) is 11.4. The molecule has 3 rings (SSSR count). The minimum atomic E-state index is -1.15. The topological polar surface area (TPSA) is 70.4 Å². The van der Waals surface area contributed by atoms with E-state index in [-0.39, 0.29) is 11.7 Å². The maximum atomic E-state index is 13.6. The van der Waals surface area contributed by atoms with Crippen molar-refractivity contribution in [3.63, 3.8) is 0 Å². The minimum Gasteiger partial charge on any atom is -0.481 e. The molecule has 0 saturated heterocycles. The Morgan fingerprint density at radius 1 is 1.38 bits per heavy atom. The predicted molar refractivity (Wildman–Crippen MR) is 89.3 cm³/mol. The fourth-order valence-electron chi connectivity index (χ4n) is 4.06. The molecule has 0 radical (unpaired) electrons. The second kappa shape index (κ2) is 6.48. The average molecular weight is 331 g/mol. The summed E-state index contributed by atoms with van der Waals surface area (Å²) in [5, 5.41) is 20.9. The zero-order valence-electron chi connectivity index (χ0n) is 13.7. The standard InChI is InChI=1S/C19H22FNO3/c1-2-16(18(22)23)19(24)8-5-12(6-9-19)14-7-10-21-17-4-3-13(20)11-15(14)17/h3-4,7,10-12,16,24H,2,5-6,8-9H2,1H3,(H,22,23)/t12-,16?,19-. The van der Waals surface area contributed by atoms with Gasteiger partial charge in [0, 0.05) is 11.6 Å². The SMILES string of the molecule is CCC(C(=O)O)[C@]1(O)CC[C@H](c2ccnc3ccc(F)cc32)CC1. The fraction of sp³-hybridized carbons (Fsp3) is 0.474. The molecule has 4 nitrogen and oxygen atoms in total. The van der Waals surface area contributed by atoms with Crippen LogP contribution in [0, 0.1) is 11.7 Å². The maximum Gasteiger partial charge on any atom is 0.309 e. The molecular formula is C19H22FNO3. The summed E-state index contributed by atoms with van der Waals surface area (Å²) >= 11 is 0. The van der Waals surface area contributed by atoms with Crippen LogP contribution < -0.4 is 0 Å². The molecule has 1 unspecified atom stereocenters. The fourth-order valence-corrected chi connectivity index (χ4v) is 4.06. The van der Waals surface area contributed by atoms with Gasteiger partial charge in [0.05, 0.1) is 17.0 Å². The van der Waals surface area contributed by atoms with Crippen LogP contribution in [0.3, 0.4) is 0 Å². The van der Waals surface area contributed by atoms with Crippen molar-refractivity contribution >= 4 is 16.9 Å². The number of aliphatic carboxylic acids is 1.